The molecule has 0 bridgehead atoms. The van der Waals surface area contributed by atoms with Gasteiger partial charge in [0, 0.05) is 18.7 Å². The number of hydrogen-bond donors (Lipinski definition) is 1. The first-order valence-corrected chi connectivity index (χ1v) is 6.10. The van der Waals surface area contributed by atoms with Crippen LogP contribution in [0.15, 0.2) is 10.6 Å². The van der Waals surface area contributed by atoms with Gasteiger partial charge in [0.25, 0.3) is 5.88 Å². The Bertz CT molecular complexity index is 334. The topological polar surface area (TPSA) is 56.5 Å². The van der Waals surface area contributed by atoms with Gasteiger partial charge >= 0.3 is 0 Å². The summed E-state index contributed by atoms with van der Waals surface area (Å²) in [7, 11) is 1.58. The molecule has 1 aliphatic rings. The Balaban J connectivity index is 1.76. The van der Waals surface area contributed by atoms with E-state index in [-0.39, 0.29) is 0 Å². The fourth-order valence-electron chi connectivity index (χ4n) is 2.06. The predicted octanol–water partition coefficient (Wildman–Crippen LogP) is 1.59. The quantitative estimate of drug-likeness (QED) is 0.847. The second-order valence-corrected chi connectivity index (χ2v) is 4.48. The van der Waals surface area contributed by atoms with E-state index >= 15 is 0 Å². The molecular weight excluding hydrogens is 220 g/mol. The predicted molar refractivity (Wildman–Crippen MR) is 62.9 cm³/mol. The number of ether oxygens (including phenoxy) is 2. The molecule has 96 valence electrons. The second kappa shape index (κ2) is 6.02. The molecule has 2 unspecified atom stereocenters. The average molecular weight is 240 g/mol. The maximum absolute atomic E-state index is 5.48. The van der Waals surface area contributed by atoms with Gasteiger partial charge in [-0.2, -0.15) is 0 Å². The molecular formula is C12H20N2O3. The number of methoxy groups -OCH3 is 1. The molecule has 1 saturated heterocycles. The summed E-state index contributed by atoms with van der Waals surface area (Å²) in [5, 5.41) is 7.20. The maximum Gasteiger partial charge on any atom is 0.254 e. The summed E-state index contributed by atoms with van der Waals surface area (Å²) in [4.78, 5) is 0. The minimum Gasteiger partial charge on any atom is -0.479 e. The Kier molecular flexibility index (Phi) is 4.39. The SMILES string of the molecule is COc1cc(CNC(C)C2CCCOC2)on1. The standard InChI is InChI=1S/C12H20N2O3/c1-9(10-4-3-5-16-8-10)13-7-11-6-12(15-2)14-17-11/h6,9-10,13H,3-5,7-8H2,1-2H3. The lowest BCUT2D eigenvalue weighted by atomic mass is 9.95. The zero-order valence-corrected chi connectivity index (χ0v) is 10.4. The molecule has 0 radical (unpaired) electrons. The van der Waals surface area contributed by atoms with Crippen molar-refractivity contribution < 1.29 is 14.0 Å². The van der Waals surface area contributed by atoms with Crippen molar-refractivity contribution in [2.75, 3.05) is 20.3 Å². The molecule has 2 heterocycles. The molecule has 0 saturated carbocycles. The van der Waals surface area contributed by atoms with Crippen LogP contribution in [0.4, 0.5) is 0 Å². The van der Waals surface area contributed by atoms with Gasteiger partial charge in [0.2, 0.25) is 0 Å². The van der Waals surface area contributed by atoms with Crippen LogP contribution in [0, 0.1) is 5.92 Å². The van der Waals surface area contributed by atoms with Gasteiger partial charge < -0.3 is 19.3 Å². The molecule has 5 heteroatoms. The Hall–Kier alpha value is -1.07. The Morgan fingerprint density at radius 1 is 1.65 bits per heavy atom. The van der Waals surface area contributed by atoms with E-state index in [4.69, 9.17) is 14.0 Å². The minimum absolute atomic E-state index is 0.423. The van der Waals surface area contributed by atoms with Crippen LogP contribution in [0.2, 0.25) is 0 Å². The van der Waals surface area contributed by atoms with Gasteiger partial charge in [0.15, 0.2) is 5.76 Å². The van der Waals surface area contributed by atoms with Crippen LogP contribution < -0.4 is 10.1 Å². The third-order valence-corrected chi connectivity index (χ3v) is 3.25. The van der Waals surface area contributed by atoms with Crippen LogP contribution in [-0.4, -0.2) is 31.5 Å². The van der Waals surface area contributed by atoms with Crippen LogP contribution in [0.1, 0.15) is 25.5 Å². The maximum atomic E-state index is 5.48. The van der Waals surface area contributed by atoms with Gasteiger partial charge in [-0.1, -0.05) is 0 Å². The number of nitrogens with one attached hydrogen (secondary N) is 1. The summed E-state index contributed by atoms with van der Waals surface area (Å²) in [6.45, 7) is 4.62. The largest absolute Gasteiger partial charge is 0.479 e. The van der Waals surface area contributed by atoms with Crippen LogP contribution in [0.25, 0.3) is 0 Å². The molecule has 0 amide bonds. The number of aromatic nitrogens is 1. The summed E-state index contributed by atoms with van der Waals surface area (Å²) in [5.41, 5.74) is 0. The van der Waals surface area contributed by atoms with Gasteiger partial charge in [0.05, 0.1) is 20.3 Å². The van der Waals surface area contributed by atoms with E-state index in [0.29, 0.717) is 24.4 Å². The highest BCUT2D eigenvalue weighted by molar-refractivity contribution is 5.10. The molecule has 1 aromatic rings. The van der Waals surface area contributed by atoms with E-state index < -0.39 is 0 Å². The van der Waals surface area contributed by atoms with Gasteiger partial charge in [-0.05, 0) is 30.8 Å². The molecule has 2 atom stereocenters. The number of nitrogens with zero attached hydrogens (tertiary/aromatic N) is 1. The van der Waals surface area contributed by atoms with Crippen molar-refractivity contribution in [1.29, 1.82) is 0 Å². The van der Waals surface area contributed by atoms with Crippen LogP contribution >= 0.6 is 0 Å². The first-order valence-electron chi connectivity index (χ1n) is 6.10. The molecule has 0 aliphatic carbocycles. The highest BCUT2D eigenvalue weighted by Crippen LogP contribution is 2.18. The highest BCUT2D eigenvalue weighted by Gasteiger charge is 2.20. The van der Waals surface area contributed by atoms with Crippen molar-refractivity contribution in [3.63, 3.8) is 0 Å². The van der Waals surface area contributed by atoms with Crippen LogP contribution in [0.5, 0.6) is 5.88 Å². The van der Waals surface area contributed by atoms with Crippen LogP contribution in [0.3, 0.4) is 0 Å². The van der Waals surface area contributed by atoms with Crippen molar-refractivity contribution in [1.82, 2.24) is 10.5 Å². The number of hydrogen-bond acceptors (Lipinski definition) is 5. The van der Waals surface area contributed by atoms with Crippen molar-refractivity contribution >= 4 is 0 Å². The first-order chi connectivity index (χ1) is 8.29. The monoisotopic (exact) mass is 240 g/mol. The smallest absolute Gasteiger partial charge is 0.254 e. The molecule has 0 spiro atoms. The summed E-state index contributed by atoms with van der Waals surface area (Å²) >= 11 is 0. The van der Waals surface area contributed by atoms with E-state index in [1.165, 1.54) is 6.42 Å². The summed E-state index contributed by atoms with van der Waals surface area (Å²) < 4.78 is 15.6. The fourth-order valence-corrected chi connectivity index (χ4v) is 2.06. The minimum atomic E-state index is 0.423. The lowest BCUT2D eigenvalue weighted by Crippen LogP contribution is -2.37. The van der Waals surface area contributed by atoms with Gasteiger partial charge in [-0.3, -0.25) is 0 Å². The third kappa shape index (κ3) is 3.44. The summed E-state index contributed by atoms with van der Waals surface area (Å²) in [6.07, 6.45) is 2.39. The first kappa shape index (κ1) is 12.4. The molecule has 1 fully saturated rings. The van der Waals surface area contributed by atoms with Gasteiger partial charge in [-0.25, -0.2) is 0 Å². The molecule has 17 heavy (non-hydrogen) atoms. The molecule has 2 rings (SSSR count). The Morgan fingerprint density at radius 3 is 3.18 bits per heavy atom. The average Bonchev–Trinajstić information content (AvgIpc) is 2.85. The lowest BCUT2D eigenvalue weighted by Gasteiger charge is -2.28. The number of rotatable bonds is 5. The zero-order valence-electron chi connectivity index (χ0n) is 10.4. The van der Waals surface area contributed by atoms with E-state index in [0.717, 1.165) is 25.4 Å². The molecule has 5 nitrogen and oxygen atoms in total. The second-order valence-electron chi connectivity index (χ2n) is 4.48. The molecule has 1 aromatic heterocycles. The van der Waals surface area contributed by atoms with Crippen molar-refractivity contribution in [2.45, 2.75) is 32.4 Å². The van der Waals surface area contributed by atoms with Gasteiger partial charge in [-0.15, -0.1) is 0 Å². The molecule has 1 aliphatic heterocycles. The van der Waals surface area contributed by atoms with Crippen molar-refractivity contribution in [3.05, 3.63) is 11.8 Å². The Labute approximate surface area is 101 Å². The normalized spacial score (nSPS) is 22.4. The van der Waals surface area contributed by atoms with E-state index in [9.17, 15) is 0 Å². The fraction of sp³-hybridized carbons (Fsp3) is 0.750. The molecule has 0 aromatic carbocycles. The van der Waals surface area contributed by atoms with Crippen molar-refractivity contribution in [3.8, 4) is 5.88 Å². The highest BCUT2D eigenvalue weighted by atomic mass is 16.5. The van der Waals surface area contributed by atoms with Gasteiger partial charge in [0.1, 0.15) is 0 Å². The van der Waals surface area contributed by atoms with E-state index in [1.807, 2.05) is 0 Å². The summed E-state index contributed by atoms with van der Waals surface area (Å²) in [6, 6.07) is 2.23. The molecule has 1 N–H and O–H groups in total. The van der Waals surface area contributed by atoms with E-state index in [1.54, 1.807) is 13.2 Å². The Morgan fingerprint density at radius 2 is 2.53 bits per heavy atom. The lowest BCUT2D eigenvalue weighted by molar-refractivity contribution is 0.0414. The summed E-state index contributed by atoms with van der Waals surface area (Å²) in [5.74, 6) is 1.91. The zero-order chi connectivity index (χ0) is 12.1. The van der Waals surface area contributed by atoms with E-state index in [2.05, 4.69) is 17.4 Å². The van der Waals surface area contributed by atoms with Crippen molar-refractivity contribution in [2.24, 2.45) is 5.92 Å². The van der Waals surface area contributed by atoms with Crippen LogP contribution in [-0.2, 0) is 11.3 Å². The third-order valence-electron chi connectivity index (χ3n) is 3.25.